The normalized spacial score (nSPS) is 17.4. The molecule has 16 heavy (non-hydrogen) atoms. The van der Waals surface area contributed by atoms with E-state index >= 15 is 0 Å². The number of hydrogen-bond acceptors (Lipinski definition) is 2. The number of nitrogens with zero attached hydrogens (tertiary/aromatic N) is 1. The molecule has 0 aliphatic heterocycles. The molecule has 1 fully saturated rings. The van der Waals surface area contributed by atoms with Crippen LogP contribution in [0.5, 0.6) is 0 Å². The van der Waals surface area contributed by atoms with Crippen LogP contribution in [0, 0.1) is 5.92 Å². The lowest BCUT2D eigenvalue weighted by Gasteiger charge is -2.13. The van der Waals surface area contributed by atoms with Crippen LogP contribution in [-0.2, 0) is 6.54 Å². The van der Waals surface area contributed by atoms with Gasteiger partial charge in [-0.05, 0) is 53.7 Å². The van der Waals surface area contributed by atoms with Gasteiger partial charge in [-0.1, -0.05) is 0 Å². The fourth-order valence-electron chi connectivity index (χ4n) is 1.86. The zero-order valence-corrected chi connectivity index (χ0v) is 11.0. The topological polar surface area (TPSA) is 34.0 Å². The van der Waals surface area contributed by atoms with Gasteiger partial charge in [0.1, 0.15) is 0 Å². The largest absolute Gasteiger partial charge is 0.313 e. The number of aromatic nitrogens is 1. The van der Waals surface area contributed by atoms with Gasteiger partial charge in [0, 0.05) is 25.3 Å². The van der Waals surface area contributed by atoms with Crippen molar-refractivity contribution >= 4 is 15.9 Å². The molecule has 1 aliphatic rings. The van der Waals surface area contributed by atoms with E-state index in [1.54, 1.807) is 10.6 Å². The molecule has 1 aromatic heterocycles. The van der Waals surface area contributed by atoms with Crippen molar-refractivity contribution in [2.45, 2.75) is 32.4 Å². The zero-order valence-electron chi connectivity index (χ0n) is 9.45. The Labute approximate surface area is 104 Å². The maximum atomic E-state index is 11.7. The number of rotatable bonds is 5. The van der Waals surface area contributed by atoms with Gasteiger partial charge in [0.05, 0.1) is 4.47 Å². The van der Waals surface area contributed by atoms with Crippen LogP contribution in [0.2, 0.25) is 0 Å². The van der Waals surface area contributed by atoms with Crippen molar-refractivity contribution in [3.05, 3.63) is 33.2 Å². The summed E-state index contributed by atoms with van der Waals surface area (Å²) in [6, 6.07) is 4.25. The predicted molar refractivity (Wildman–Crippen MR) is 68.6 cm³/mol. The van der Waals surface area contributed by atoms with Crippen LogP contribution in [0.1, 0.15) is 19.8 Å². The Balaban J connectivity index is 1.84. The number of halogens is 1. The predicted octanol–water partition coefficient (Wildman–Crippen LogP) is 2.00. The van der Waals surface area contributed by atoms with E-state index < -0.39 is 0 Å². The molecule has 4 heteroatoms. The summed E-state index contributed by atoms with van der Waals surface area (Å²) in [7, 11) is 0. The molecule has 1 atom stereocenters. The standard InChI is InChI=1S/C12H17BrN2O/c1-9(10-4-5-10)14-6-8-15-7-2-3-11(13)12(15)16/h2-3,7,9-10,14H,4-6,8H2,1H3. The van der Waals surface area contributed by atoms with Crippen LogP contribution >= 0.6 is 15.9 Å². The van der Waals surface area contributed by atoms with E-state index in [4.69, 9.17) is 0 Å². The lowest BCUT2D eigenvalue weighted by Crippen LogP contribution is -2.33. The first-order chi connectivity index (χ1) is 7.68. The first-order valence-electron chi connectivity index (χ1n) is 5.77. The molecule has 2 rings (SSSR count). The third kappa shape index (κ3) is 2.95. The summed E-state index contributed by atoms with van der Waals surface area (Å²) in [4.78, 5) is 11.7. The van der Waals surface area contributed by atoms with Gasteiger partial charge in [-0.15, -0.1) is 0 Å². The van der Waals surface area contributed by atoms with Crippen molar-refractivity contribution < 1.29 is 0 Å². The highest BCUT2D eigenvalue weighted by Gasteiger charge is 2.27. The molecule has 1 saturated carbocycles. The van der Waals surface area contributed by atoms with Gasteiger partial charge in [-0.25, -0.2) is 0 Å². The van der Waals surface area contributed by atoms with Gasteiger partial charge in [-0.3, -0.25) is 4.79 Å². The molecule has 0 aromatic carbocycles. The highest BCUT2D eigenvalue weighted by atomic mass is 79.9. The zero-order chi connectivity index (χ0) is 11.5. The van der Waals surface area contributed by atoms with Crippen LogP contribution < -0.4 is 10.9 Å². The second-order valence-corrected chi connectivity index (χ2v) is 5.29. The van der Waals surface area contributed by atoms with E-state index in [0.717, 1.165) is 19.0 Å². The van der Waals surface area contributed by atoms with E-state index in [2.05, 4.69) is 28.2 Å². The number of nitrogens with one attached hydrogen (secondary N) is 1. The molecule has 1 N–H and O–H groups in total. The molecular weight excluding hydrogens is 268 g/mol. The molecule has 1 aliphatic carbocycles. The first kappa shape index (κ1) is 11.9. The Morgan fingerprint density at radius 2 is 2.38 bits per heavy atom. The highest BCUT2D eigenvalue weighted by Crippen LogP contribution is 2.32. The van der Waals surface area contributed by atoms with E-state index in [-0.39, 0.29) is 5.56 Å². The van der Waals surface area contributed by atoms with E-state index in [0.29, 0.717) is 10.5 Å². The Morgan fingerprint density at radius 3 is 3.06 bits per heavy atom. The quantitative estimate of drug-likeness (QED) is 0.898. The van der Waals surface area contributed by atoms with Crippen LogP contribution in [0.15, 0.2) is 27.6 Å². The molecule has 88 valence electrons. The summed E-state index contributed by atoms with van der Waals surface area (Å²) in [6.07, 6.45) is 4.53. The lowest BCUT2D eigenvalue weighted by atomic mass is 10.2. The first-order valence-corrected chi connectivity index (χ1v) is 6.56. The molecule has 1 unspecified atom stereocenters. The van der Waals surface area contributed by atoms with E-state index in [1.165, 1.54) is 12.8 Å². The molecule has 0 saturated heterocycles. The van der Waals surface area contributed by atoms with Gasteiger partial charge in [0.2, 0.25) is 0 Å². The molecular formula is C12H17BrN2O. The minimum Gasteiger partial charge on any atom is -0.313 e. The van der Waals surface area contributed by atoms with Crippen molar-refractivity contribution in [2.24, 2.45) is 5.92 Å². The molecule has 0 amide bonds. The third-order valence-corrected chi connectivity index (χ3v) is 3.73. The maximum Gasteiger partial charge on any atom is 0.264 e. The maximum absolute atomic E-state index is 11.7. The van der Waals surface area contributed by atoms with Crippen LogP contribution in [0.3, 0.4) is 0 Å². The summed E-state index contributed by atoms with van der Waals surface area (Å²) >= 11 is 3.25. The van der Waals surface area contributed by atoms with Crippen molar-refractivity contribution in [1.82, 2.24) is 9.88 Å². The van der Waals surface area contributed by atoms with Crippen molar-refractivity contribution in [3.8, 4) is 0 Å². The Morgan fingerprint density at radius 1 is 1.62 bits per heavy atom. The fourth-order valence-corrected chi connectivity index (χ4v) is 2.24. The van der Waals surface area contributed by atoms with Crippen LogP contribution in [0.25, 0.3) is 0 Å². The van der Waals surface area contributed by atoms with Gasteiger partial charge in [-0.2, -0.15) is 0 Å². The Kier molecular flexibility index (Phi) is 3.82. The van der Waals surface area contributed by atoms with E-state index in [9.17, 15) is 4.79 Å². The molecule has 3 nitrogen and oxygen atoms in total. The van der Waals surface area contributed by atoms with Gasteiger partial charge in [0.15, 0.2) is 0 Å². The van der Waals surface area contributed by atoms with Crippen molar-refractivity contribution in [2.75, 3.05) is 6.54 Å². The Hall–Kier alpha value is -0.610. The van der Waals surface area contributed by atoms with Crippen LogP contribution in [0.4, 0.5) is 0 Å². The summed E-state index contributed by atoms with van der Waals surface area (Å²) in [5.41, 5.74) is 0.0448. The van der Waals surface area contributed by atoms with E-state index in [1.807, 2.05) is 12.3 Å². The smallest absolute Gasteiger partial charge is 0.264 e. The average Bonchev–Trinajstić information content (AvgIpc) is 3.07. The molecule has 0 spiro atoms. The minimum atomic E-state index is 0.0448. The molecule has 1 aromatic rings. The van der Waals surface area contributed by atoms with Crippen LogP contribution in [-0.4, -0.2) is 17.2 Å². The lowest BCUT2D eigenvalue weighted by molar-refractivity contribution is 0.472. The number of hydrogen-bond donors (Lipinski definition) is 1. The monoisotopic (exact) mass is 284 g/mol. The van der Waals surface area contributed by atoms with Gasteiger partial charge >= 0.3 is 0 Å². The average molecular weight is 285 g/mol. The SMILES string of the molecule is CC(NCCn1cccc(Br)c1=O)C1CC1. The summed E-state index contributed by atoms with van der Waals surface area (Å²) in [6.45, 7) is 3.81. The molecule has 0 radical (unpaired) electrons. The number of pyridine rings is 1. The summed E-state index contributed by atoms with van der Waals surface area (Å²) in [5.74, 6) is 0.860. The third-order valence-electron chi connectivity index (χ3n) is 3.12. The van der Waals surface area contributed by atoms with Crippen molar-refractivity contribution in [1.29, 1.82) is 0 Å². The molecule has 1 heterocycles. The highest BCUT2D eigenvalue weighted by molar-refractivity contribution is 9.10. The fraction of sp³-hybridized carbons (Fsp3) is 0.583. The van der Waals surface area contributed by atoms with Gasteiger partial charge in [0.25, 0.3) is 5.56 Å². The van der Waals surface area contributed by atoms with Crippen molar-refractivity contribution in [3.63, 3.8) is 0 Å². The minimum absolute atomic E-state index is 0.0448. The van der Waals surface area contributed by atoms with Gasteiger partial charge < -0.3 is 9.88 Å². The second-order valence-electron chi connectivity index (χ2n) is 4.43. The summed E-state index contributed by atoms with van der Waals surface area (Å²) in [5, 5.41) is 3.46. The molecule has 0 bridgehead atoms. The summed E-state index contributed by atoms with van der Waals surface area (Å²) < 4.78 is 2.36. The Bertz CT molecular complexity index is 412. The second kappa shape index (κ2) is 5.15.